The SMILES string of the molecule is CN(C)CC1CCN(c2ccc(NC(=O)[C@H](c3cccnc3)N(C)C)cc2)CC1. The van der Waals surface area contributed by atoms with Crippen molar-refractivity contribution in [2.24, 2.45) is 5.92 Å². The van der Waals surface area contributed by atoms with Crippen molar-refractivity contribution in [2.45, 2.75) is 18.9 Å². The summed E-state index contributed by atoms with van der Waals surface area (Å²) in [5.74, 6) is 0.732. The molecular weight excluding hydrogens is 362 g/mol. The summed E-state index contributed by atoms with van der Waals surface area (Å²) < 4.78 is 0. The monoisotopic (exact) mass is 395 g/mol. The molecule has 1 N–H and O–H groups in total. The largest absolute Gasteiger partial charge is 0.372 e. The number of nitrogens with one attached hydrogen (secondary N) is 1. The molecule has 1 saturated heterocycles. The van der Waals surface area contributed by atoms with E-state index in [0.29, 0.717) is 0 Å². The van der Waals surface area contributed by atoms with Crippen LogP contribution in [0.1, 0.15) is 24.4 Å². The highest BCUT2D eigenvalue weighted by molar-refractivity contribution is 5.95. The first kappa shape index (κ1) is 21.3. The molecule has 0 bridgehead atoms. The first-order valence-electron chi connectivity index (χ1n) is 10.3. The van der Waals surface area contributed by atoms with Gasteiger partial charge in [0.15, 0.2) is 0 Å². The van der Waals surface area contributed by atoms with Gasteiger partial charge in [-0.1, -0.05) is 6.07 Å². The third-order valence-electron chi connectivity index (χ3n) is 5.50. The van der Waals surface area contributed by atoms with Gasteiger partial charge in [-0.3, -0.25) is 14.7 Å². The lowest BCUT2D eigenvalue weighted by molar-refractivity contribution is -0.120. The van der Waals surface area contributed by atoms with Gasteiger partial charge in [-0.25, -0.2) is 0 Å². The number of benzene rings is 1. The third kappa shape index (κ3) is 5.78. The van der Waals surface area contributed by atoms with Crippen LogP contribution in [0.5, 0.6) is 0 Å². The van der Waals surface area contributed by atoms with Gasteiger partial charge in [0.1, 0.15) is 6.04 Å². The van der Waals surface area contributed by atoms with Crippen LogP contribution in [0.25, 0.3) is 0 Å². The predicted molar refractivity (Wildman–Crippen MR) is 119 cm³/mol. The Morgan fingerprint density at radius 1 is 1.14 bits per heavy atom. The van der Waals surface area contributed by atoms with Crippen molar-refractivity contribution < 1.29 is 4.79 Å². The molecule has 156 valence electrons. The van der Waals surface area contributed by atoms with Crippen LogP contribution < -0.4 is 10.2 Å². The van der Waals surface area contributed by atoms with E-state index in [1.165, 1.54) is 25.1 Å². The topological polar surface area (TPSA) is 51.7 Å². The van der Waals surface area contributed by atoms with Crippen molar-refractivity contribution >= 4 is 17.3 Å². The lowest BCUT2D eigenvalue weighted by Crippen LogP contribution is -2.37. The highest BCUT2D eigenvalue weighted by Gasteiger charge is 2.23. The molecule has 0 unspecified atom stereocenters. The van der Waals surface area contributed by atoms with Gasteiger partial charge in [-0.2, -0.15) is 0 Å². The molecule has 1 atom stereocenters. The molecule has 0 saturated carbocycles. The lowest BCUT2D eigenvalue weighted by Gasteiger charge is -2.34. The number of carbonyl (C=O) groups is 1. The standard InChI is InChI=1S/C23H33N5O/c1-26(2)17-18-11-14-28(15-12-18)21-9-7-20(8-10-21)25-23(29)22(27(3)4)19-6-5-13-24-16-19/h5-10,13,16,18,22H,11-12,14-15,17H2,1-4H3,(H,25,29)/t22-/m0/s1. The predicted octanol–water partition coefficient (Wildman–Crippen LogP) is 3.10. The van der Waals surface area contributed by atoms with Gasteiger partial charge < -0.3 is 15.1 Å². The number of pyridine rings is 1. The summed E-state index contributed by atoms with van der Waals surface area (Å²) >= 11 is 0. The molecule has 1 amide bonds. The summed E-state index contributed by atoms with van der Waals surface area (Å²) in [5, 5.41) is 3.05. The number of aromatic nitrogens is 1. The number of anilines is 2. The molecule has 2 heterocycles. The van der Waals surface area contributed by atoms with Gasteiger partial charge in [0.25, 0.3) is 0 Å². The van der Waals surface area contributed by atoms with Crippen LogP contribution in [-0.2, 0) is 4.79 Å². The molecule has 0 aliphatic carbocycles. The molecule has 6 heteroatoms. The second-order valence-corrected chi connectivity index (χ2v) is 8.38. The first-order valence-corrected chi connectivity index (χ1v) is 10.3. The van der Waals surface area contributed by atoms with Gasteiger partial charge in [0, 0.05) is 43.4 Å². The van der Waals surface area contributed by atoms with E-state index < -0.39 is 0 Å². The molecule has 3 rings (SSSR count). The minimum atomic E-state index is -0.376. The number of hydrogen-bond donors (Lipinski definition) is 1. The Morgan fingerprint density at radius 3 is 2.38 bits per heavy atom. The van der Waals surface area contributed by atoms with Crippen molar-refractivity contribution in [3.8, 4) is 0 Å². The minimum absolute atomic E-state index is 0.0553. The molecule has 1 aromatic carbocycles. The summed E-state index contributed by atoms with van der Waals surface area (Å²) in [7, 11) is 8.10. The van der Waals surface area contributed by atoms with E-state index in [4.69, 9.17) is 0 Å². The van der Waals surface area contributed by atoms with Crippen LogP contribution in [0.2, 0.25) is 0 Å². The minimum Gasteiger partial charge on any atom is -0.372 e. The van der Waals surface area contributed by atoms with E-state index in [9.17, 15) is 4.79 Å². The van der Waals surface area contributed by atoms with Crippen LogP contribution in [-0.4, -0.2) is 68.5 Å². The number of nitrogens with zero attached hydrogens (tertiary/aromatic N) is 4. The Morgan fingerprint density at radius 2 is 1.83 bits per heavy atom. The molecule has 0 radical (unpaired) electrons. The van der Waals surface area contributed by atoms with Crippen LogP contribution in [0.4, 0.5) is 11.4 Å². The van der Waals surface area contributed by atoms with E-state index in [1.807, 2.05) is 43.3 Å². The molecule has 1 aromatic heterocycles. The Bertz CT molecular complexity index is 768. The lowest BCUT2D eigenvalue weighted by atomic mass is 9.96. The molecule has 2 aromatic rings. The Hall–Kier alpha value is -2.44. The maximum absolute atomic E-state index is 12.9. The van der Waals surface area contributed by atoms with Crippen LogP contribution in [0.15, 0.2) is 48.8 Å². The zero-order valence-corrected chi connectivity index (χ0v) is 18.0. The van der Waals surface area contributed by atoms with Crippen molar-refractivity contribution in [1.82, 2.24) is 14.8 Å². The van der Waals surface area contributed by atoms with Gasteiger partial charge >= 0.3 is 0 Å². The molecule has 6 nitrogen and oxygen atoms in total. The second-order valence-electron chi connectivity index (χ2n) is 8.38. The van der Waals surface area contributed by atoms with Gasteiger partial charge in [0.2, 0.25) is 5.91 Å². The van der Waals surface area contributed by atoms with E-state index in [-0.39, 0.29) is 11.9 Å². The van der Waals surface area contributed by atoms with Crippen LogP contribution in [0.3, 0.4) is 0 Å². The first-order chi connectivity index (χ1) is 13.9. The number of amides is 1. The summed E-state index contributed by atoms with van der Waals surface area (Å²) in [6.45, 7) is 3.35. The number of likely N-dealkylation sites (N-methyl/N-ethyl adjacent to an activating group) is 1. The summed E-state index contributed by atoms with van der Waals surface area (Å²) in [6, 6.07) is 11.6. The normalized spacial score (nSPS) is 16.3. The van der Waals surface area contributed by atoms with E-state index in [0.717, 1.165) is 30.3 Å². The number of hydrogen-bond acceptors (Lipinski definition) is 5. The number of piperidine rings is 1. The number of carbonyl (C=O) groups excluding carboxylic acids is 1. The van der Waals surface area contributed by atoms with Crippen molar-refractivity contribution in [2.75, 3.05) is 58.0 Å². The van der Waals surface area contributed by atoms with Crippen molar-refractivity contribution in [3.05, 3.63) is 54.4 Å². The molecule has 1 aliphatic heterocycles. The zero-order chi connectivity index (χ0) is 20.8. The zero-order valence-electron chi connectivity index (χ0n) is 18.0. The fourth-order valence-electron chi connectivity index (χ4n) is 4.08. The van der Waals surface area contributed by atoms with Crippen LogP contribution in [0, 0.1) is 5.92 Å². The molecule has 1 fully saturated rings. The Labute approximate surface area is 174 Å². The van der Waals surface area contributed by atoms with Crippen molar-refractivity contribution in [3.63, 3.8) is 0 Å². The smallest absolute Gasteiger partial charge is 0.246 e. The highest BCUT2D eigenvalue weighted by atomic mass is 16.2. The average Bonchev–Trinajstić information content (AvgIpc) is 2.69. The van der Waals surface area contributed by atoms with E-state index in [1.54, 1.807) is 12.4 Å². The van der Waals surface area contributed by atoms with Gasteiger partial charge in [-0.15, -0.1) is 0 Å². The van der Waals surface area contributed by atoms with Crippen molar-refractivity contribution in [1.29, 1.82) is 0 Å². The number of rotatable bonds is 7. The molecule has 0 spiro atoms. The molecular formula is C23H33N5O. The van der Waals surface area contributed by atoms with E-state index >= 15 is 0 Å². The van der Waals surface area contributed by atoms with Crippen LogP contribution >= 0.6 is 0 Å². The summed E-state index contributed by atoms with van der Waals surface area (Å²) in [4.78, 5) is 23.6. The second kappa shape index (κ2) is 9.85. The Balaban J connectivity index is 1.60. The molecule has 29 heavy (non-hydrogen) atoms. The third-order valence-corrected chi connectivity index (χ3v) is 5.50. The molecule has 1 aliphatic rings. The fraction of sp³-hybridized carbons (Fsp3) is 0.478. The maximum atomic E-state index is 12.9. The summed E-state index contributed by atoms with van der Waals surface area (Å²) in [5.41, 5.74) is 2.92. The quantitative estimate of drug-likeness (QED) is 0.781. The van der Waals surface area contributed by atoms with Gasteiger partial charge in [0.05, 0.1) is 0 Å². The highest BCUT2D eigenvalue weighted by Crippen LogP contribution is 2.26. The summed E-state index contributed by atoms with van der Waals surface area (Å²) in [6.07, 6.45) is 5.92. The Kier molecular flexibility index (Phi) is 7.23. The maximum Gasteiger partial charge on any atom is 0.246 e. The average molecular weight is 396 g/mol. The fourth-order valence-corrected chi connectivity index (χ4v) is 4.08. The van der Waals surface area contributed by atoms with Gasteiger partial charge in [-0.05, 0) is 82.8 Å². The van der Waals surface area contributed by atoms with E-state index in [2.05, 4.69) is 46.3 Å².